The van der Waals surface area contributed by atoms with Gasteiger partial charge in [-0.3, -0.25) is 4.79 Å². The van der Waals surface area contributed by atoms with Crippen molar-refractivity contribution < 1.29 is 35.5 Å². The molecule has 0 fully saturated rings. The molecule has 0 atom stereocenters. The number of Topliss-reactive ketones (excluding diaryl/α,β-unsaturated/α-hetero) is 1. The Hall–Kier alpha value is -3.28. The summed E-state index contributed by atoms with van der Waals surface area (Å²) in [5.74, 6) is -0.437. The normalized spacial score (nSPS) is 12.7. The summed E-state index contributed by atoms with van der Waals surface area (Å²) in [5.41, 5.74) is 0.287. The van der Waals surface area contributed by atoms with E-state index < -0.39 is 29.4 Å². The van der Waals surface area contributed by atoms with E-state index in [2.05, 4.69) is 10.1 Å². The maximum atomic E-state index is 14.6. The molecule has 2 N–H and O–H groups in total. The molecule has 0 amide bonds. The first kappa shape index (κ1) is 26.3. The molecule has 0 unspecified atom stereocenters. The minimum atomic E-state index is -6.22. The van der Waals surface area contributed by atoms with E-state index in [-0.39, 0.29) is 41.6 Å². The monoisotopic (exact) mass is 502 g/mol. The van der Waals surface area contributed by atoms with E-state index in [1.165, 1.54) is 43.3 Å². The molecule has 188 valence electrons. The van der Waals surface area contributed by atoms with Crippen LogP contribution in [0.2, 0.25) is 0 Å². The summed E-state index contributed by atoms with van der Waals surface area (Å²) in [6.07, 6.45) is -9.99. The van der Waals surface area contributed by atoms with Crippen molar-refractivity contribution in [3.05, 3.63) is 76.4 Å². The lowest BCUT2D eigenvalue weighted by molar-refractivity contribution is -0.348. The number of carbonyl (C=O) groups is 1. The molecule has 2 aromatic carbocycles. The van der Waals surface area contributed by atoms with E-state index in [1.54, 1.807) is 6.07 Å². The van der Waals surface area contributed by atoms with Crippen molar-refractivity contribution in [1.82, 2.24) is 14.8 Å². The first-order chi connectivity index (χ1) is 16.2. The molecule has 0 saturated carbocycles. The average Bonchev–Trinajstić information content (AvgIpc) is 3.32. The number of alkyl halides is 7. The van der Waals surface area contributed by atoms with Gasteiger partial charge < -0.3 is 5.73 Å². The number of aryl methyl sites for hydroxylation is 2. The first-order valence-electron chi connectivity index (χ1n) is 10.4. The van der Waals surface area contributed by atoms with Crippen molar-refractivity contribution in [2.24, 2.45) is 5.73 Å². The molecular weight excluding hydrogens is 481 g/mol. The zero-order valence-corrected chi connectivity index (χ0v) is 18.6. The Bertz CT molecular complexity index is 1200. The molecule has 0 spiro atoms. The third-order valence-corrected chi connectivity index (χ3v) is 5.75. The Morgan fingerprint density at radius 3 is 2.17 bits per heavy atom. The van der Waals surface area contributed by atoms with Gasteiger partial charge in [-0.15, -0.1) is 0 Å². The highest BCUT2D eigenvalue weighted by atomic mass is 19.4. The second kappa shape index (κ2) is 9.40. The number of benzene rings is 2. The van der Waals surface area contributed by atoms with Crippen LogP contribution in [0, 0.1) is 6.92 Å². The fourth-order valence-corrected chi connectivity index (χ4v) is 3.89. The van der Waals surface area contributed by atoms with E-state index >= 15 is 0 Å². The maximum Gasteiger partial charge on any atom is 0.435 e. The summed E-state index contributed by atoms with van der Waals surface area (Å²) < 4.78 is 95.4. The third-order valence-electron chi connectivity index (χ3n) is 5.75. The van der Waals surface area contributed by atoms with Crippen molar-refractivity contribution in [1.29, 1.82) is 0 Å². The van der Waals surface area contributed by atoms with Crippen LogP contribution in [0.25, 0.3) is 5.69 Å². The van der Waals surface area contributed by atoms with E-state index in [4.69, 9.17) is 5.73 Å². The van der Waals surface area contributed by atoms with E-state index in [1.807, 2.05) is 0 Å². The first-order valence-corrected chi connectivity index (χ1v) is 10.4. The largest absolute Gasteiger partial charge is 0.435 e. The number of halogens is 7. The topological polar surface area (TPSA) is 73.8 Å². The third kappa shape index (κ3) is 4.79. The number of aromatic nitrogens is 3. The molecule has 0 aliphatic carbocycles. The minimum Gasteiger partial charge on any atom is -0.326 e. The van der Waals surface area contributed by atoms with Crippen LogP contribution >= 0.6 is 0 Å². The molecule has 0 saturated heterocycles. The SMILES string of the molecule is CCc1cc(C(F)(C(F)(F)F)C(F)(F)F)cc(C)c1CC(=O)c1ccc(-n2cncn2)c(CN)c1. The lowest BCUT2D eigenvalue weighted by Crippen LogP contribution is -2.50. The van der Waals surface area contributed by atoms with Gasteiger partial charge in [-0.1, -0.05) is 19.1 Å². The molecule has 35 heavy (non-hydrogen) atoms. The highest BCUT2D eigenvalue weighted by Gasteiger charge is 2.73. The van der Waals surface area contributed by atoms with Crippen molar-refractivity contribution in [3.8, 4) is 5.69 Å². The fraction of sp³-hybridized carbons (Fsp3) is 0.348. The van der Waals surface area contributed by atoms with Gasteiger partial charge in [0.05, 0.1) is 5.69 Å². The number of nitrogens with zero attached hydrogens (tertiary/aromatic N) is 3. The number of hydrogen-bond donors (Lipinski definition) is 1. The Labute approximate surface area is 195 Å². The van der Waals surface area contributed by atoms with Crippen LogP contribution in [0.1, 0.15) is 45.1 Å². The molecule has 5 nitrogen and oxygen atoms in total. The average molecular weight is 502 g/mol. The van der Waals surface area contributed by atoms with Gasteiger partial charge in [-0.2, -0.15) is 31.4 Å². The van der Waals surface area contributed by atoms with Gasteiger partial charge in [0.2, 0.25) is 0 Å². The molecule has 3 rings (SSSR count). The van der Waals surface area contributed by atoms with E-state index in [0.717, 1.165) is 0 Å². The van der Waals surface area contributed by atoms with Gasteiger partial charge in [0.25, 0.3) is 0 Å². The molecule has 0 aliphatic rings. The van der Waals surface area contributed by atoms with Gasteiger partial charge in [0.15, 0.2) is 5.78 Å². The molecule has 0 bridgehead atoms. The van der Waals surface area contributed by atoms with E-state index in [9.17, 15) is 35.5 Å². The molecule has 1 heterocycles. The van der Waals surface area contributed by atoms with E-state index in [0.29, 0.717) is 23.4 Å². The summed E-state index contributed by atoms with van der Waals surface area (Å²) in [6.45, 7) is 2.81. The van der Waals surface area contributed by atoms with Crippen LogP contribution in [0.5, 0.6) is 0 Å². The highest BCUT2D eigenvalue weighted by molar-refractivity contribution is 5.98. The van der Waals surface area contributed by atoms with Gasteiger partial charge in [0, 0.05) is 24.1 Å². The Morgan fingerprint density at radius 2 is 1.66 bits per heavy atom. The zero-order valence-electron chi connectivity index (χ0n) is 18.6. The van der Waals surface area contributed by atoms with Crippen molar-refractivity contribution in [2.45, 2.75) is 51.3 Å². The highest BCUT2D eigenvalue weighted by Crippen LogP contribution is 2.53. The Kier molecular flexibility index (Phi) is 7.07. The molecule has 3 aromatic rings. The van der Waals surface area contributed by atoms with Gasteiger partial charge in [0.1, 0.15) is 12.7 Å². The van der Waals surface area contributed by atoms with Gasteiger partial charge >= 0.3 is 18.0 Å². The summed E-state index contributed by atoms with van der Waals surface area (Å²) in [6, 6.07) is 5.69. The van der Waals surface area contributed by atoms with Crippen LogP contribution in [0.4, 0.5) is 30.7 Å². The Balaban J connectivity index is 2.00. The standard InChI is InChI=1S/C23H21F7N4O/c1-3-14-8-17(21(24,22(25,26)27)23(28,29)30)6-13(2)18(14)9-20(35)15-4-5-19(16(7-15)10-31)34-12-32-11-33-34/h4-8,11-12H,3,9-10,31H2,1-2H3. The quantitative estimate of drug-likeness (QED) is 0.351. The second-order valence-corrected chi connectivity index (χ2v) is 7.93. The lowest BCUT2D eigenvalue weighted by atomic mass is 9.86. The molecular formula is C23H21F7N4O. The molecule has 0 aliphatic heterocycles. The number of hydrogen-bond acceptors (Lipinski definition) is 4. The van der Waals surface area contributed by atoms with Crippen LogP contribution in [0.15, 0.2) is 43.0 Å². The predicted molar refractivity (Wildman–Crippen MR) is 113 cm³/mol. The molecule has 12 heteroatoms. The number of ketones is 1. The predicted octanol–water partition coefficient (Wildman–Crippen LogP) is 5.31. The van der Waals surface area contributed by atoms with Crippen LogP contribution in [-0.2, 0) is 25.1 Å². The smallest absolute Gasteiger partial charge is 0.326 e. The van der Waals surface area contributed by atoms with Crippen molar-refractivity contribution in [2.75, 3.05) is 0 Å². The molecule has 1 aromatic heterocycles. The summed E-state index contributed by atoms with van der Waals surface area (Å²) >= 11 is 0. The van der Waals surface area contributed by atoms with Crippen LogP contribution in [0.3, 0.4) is 0 Å². The maximum absolute atomic E-state index is 14.6. The fourth-order valence-electron chi connectivity index (χ4n) is 3.89. The van der Waals surface area contributed by atoms with Crippen LogP contribution < -0.4 is 5.73 Å². The van der Waals surface area contributed by atoms with Crippen LogP contribution in [-0.4, -0.2) is 32.9 Å². The summed E-state index contributed by atoms with van der Waals surface area (Å²) in [4.78, 5) is 16.8. The summed E-state index contributed by atoms with van der Waals surface area (Å²) in [7, 11) is 0. The minimum absolute atomic E-state index is 0.0115. The Morgan fingerprint density at radius 1 is 1.00 bits per heavy atom. The van der Waals surface area contributed by atoms with Gasteiger partial charge in [-0.25, -0.2) is 14.1 Å². The molecule has 0 radical (unpaired) electrons. The number of carbonyl (C=O) groups excluding carboxylic acids is 1. The zero-order chi connectivity index (χ0) is 26.2. The number of rotatable bonds is 7. The second-order valence-electron chi connectivity index (χ2n) is 7.93. The van der Waals surface area contributed by atoms with Crippen molar-refractivity contribution >= 4 is 5.78 Å². The number of nitrogens with two attached hydrogens (primary N) is 1. The summed E-state index contributed by atoms with van der Waals surface area (Å²) in [5, 5.41) is 4.01. The van der Waals surface area contributed by atoms with Crippen molar-refractivity contribution in [3.63, 3.8) is 0 Å². The van der Waals surface area contributed by atoms with Gasteiger partial charge in [-0.05, 0) is 53.8 Å². The lowest BCUT2D eigenvalue weighted by Gasteiger charge is -2.31.